The molecular weight excluding hydrogens is 342 g/mol. The van der Waals surface area contributed by atoms with E-state index in [-0.39, 0.29) is 11.9 Å². The zero-order valence-electron chi connectivity index (χ0n) is 15.1. The lowest BCUT2D eigenvalue weighted by atomic mass is 10.1. The van der Waals surface area contributed by atoms with Crippen molar-refractivity contribution in [2.75, 3.05) is 12.9 Å². The average molecular weight is 365 g/mol. The Balaban J connectivity index is 1.52. The SMILES string of the molecule is COc1ccccc1C(C)NC(=O)CSCc1ccc2ccccc2c1. The van der Waals surface area contributed by atoms with Crippen molar-refractivity contribution in [1.82, 2.24) is 5.32 Å². The van der Waals surface area contributed by atoms with Crippen molar-refractivity contribution in [2.45, 2.75) is 18.7 Å². The van der Waals surface area contributed by atoms with Crippen LogP contribution in [0.2, 0.25) is 0 Å². The molecule has 0 aliphatic rings. The monoisotopic (exact) mass is 365 g/mol. The molecule has 0 heterocycles. The fourth-order valence-corrected chi connectivity index (χ4v) is 3.76. The minimum absolute atomic E-state index is 0.0363. The summed E-state index contributed by atoms with van der Waals surface area (Å²) in [6, 6.07) is 22.5. The molecule has 1 unspecified atom stereocenters. The maximum atomic E-state index is 12.3. The highest BCUT2D eigenvalue weighted by Gasteiger charge is 2.13. The van der Waals surface area contributed by atoms with Crippen LogP contribution in [0.1, 0.15) is 24.1 Å². The van der Waals surface area contributed by atoms with E-state index < -0.39 is 0 Å². The molecule has 4 heteroatoms. The predicted octanol–water partition coefficient (Wildman–Crippen LogP) is 4.96. The molecule has 1 N–H and O–H groups in total. The van der Waals surface area contributed by atoms with E-state index in [0.717, 1.165) is 17.1 Å². The largest absolute Gasteiger partial charge is 0.496 e. The topological polar surface area (TPSA) is 38.3 Å². The number of nitrogens with one attached hydrogen (secondary N) is 1. The van der Waals surface area contributed by atoms with Crippen LogP contribution in [-0.2, 0) is 10.5 Å². The van der Waals surface area contributed by atoms with E-state index >= 15 is 0 Å². The molecule has 0 saturated heterocycles. The van der Waals surface area contributed by atoms with Crippen molar-refractivity contribution in [2.24, 2.45) is 0 Å². The molecule has 26 heavy (non-hydrogen) atoms. The molecule has 3 aromatic carbocycles. The summed E-state index contributed by atoms with van der Waals surface area (Å²) in [5.74, 6) is 2.09. The molecule has 0 radical (unpaired) electrons. The molecular formula is C22H23NO2S. The number of rotatable bonds is 7. The van der Waals surface area contributed by atoms with Crippen LogP contribution in [0.15, 0.2) is 66.7 Å². The summed E-state index contributed by atoms with van der Waals surface area (Å²) in [5.41, 5.74) is 2.22. The molecule has 3 rings (SSSR count). The van der Waals surface area contributed by atoms with Gasteiger partial charge in [-0.2, -0.15) is 0 Å². The first-order chi connectivity index (χ1) is 12.7. The van der Waals surface area contributed by atoms with E-state index in [1.165, 1.54) is 16.3 Å². The fourth-order valence-electron chi connectivity index (χ4n) is 2.98. The van der Waals surface area contributed by atoms with Gasteiger partial charge in [0.25, 0.3) is 0 Å². The van der Waals surface area contributed by atoms with Crippen LogP contribution in [-0.4, -0.2) is 18.8 Å². The number of amides is 1. The Morgan fingerprint density at radius 3 is 2.58 bits per heavy atom. The summed E-state index contributed by atoms with van der Waals surface area (Å²) < 4.78 is 5.37. The average Bonchev–Trinajstić information content (AvgIpc) is 2.67. The van der Waals surface area contributed by atoms with Gasteiger partial charge in [-0.1, -0.05) is 60.7 Å². The summed E-state index contributed by atoms with van der Waals surface area (Å²) in [5, 5.41) is 5.52. The van der Waals surface area contributed by atoms with Gasteiger partial charge in [0.2, 0.25) is 5.91 Å². The highest BCUT2D eigenvalue weighted by molar-refractivity contribution is 7.99. The molecule has 0 fully saturated rings. The molecule has 0 aliphatic carbocycles. The molecule has 0 spiro atoms. The number of ether oxygens (including phenoxy) is 1. The Morgan fingerprint density at radius 1 is 1.04 bits per heavy atom. The van der Waals surface area contributed by atoms with Crippen molar-refractivity contribution in [1.29, 1.82) is 0 Å². The second kappa shape index (κ2) is 8.77. The second-order valence-corrected chi connectivity index (χ2v) is 7.19. The molecule has 3 nitrogen and oxygen atoms in total. The number of carbonyl (C=O) groups is 1. The number of carbonyl (C=O) groups excluding carboxylic acids is 1. The van der Waals surface area contributed by atoms with Gasteiger partial charge in [0, 0.05) is 11.3 Å². The van der Waals surface area contributed by atoms with Gasteiger partial charge in [-0.05, 0) is 29.3 Å². The molecule has 0 saturated carbocycles. The lowest BCUT2D eigenvalue weighted by Gasteiger charge is -2.17. The minimum atomic E-state index is -0.0834. The minimum Gasteiger partial charge on any atom is -0.496 e. The van der Waals surface area contributed by atoms with Gasteiger partial charge >= 0.3 is 0 Å². The van der Waals surface area contributed by atoms with E-state index in [4.69, 9.17) is 4.74 Å². The normalized spacial score (nSPS) is 11.9. The van der Waals surface area contributed by atoms with E-state index in [0.29, 0.717) is 5.75 Å². The highest BCUT2D eigenvalue weighted by Crippen LogP contribution is 2.24. The fraction of sp³-hybridized carbons (Fsp3) is 0.227. The molecule has 134 valence electrons. The smallest absolute Gasteiger partial charge is 0.230 e. The van der Waals surface area contributed by atoms with Gasteiger partial charge in [0.1, 0.15) is 5.75 Å². The third-order valence-electron chi connectivity index (χ3n) is 4.30. The van der Waals surface area contributed by atoms with Crippen molar-refractivity contribution in [3.8, 4) is 5.75 Å². The third kappa shape index (κ3) is 4.58. The number of thioether (sulfide) groups is 1. The van der Waals surface area contributed by atoms with Crippen molar-refractivity contribution in [3.63, 3.8) is 0 Å². The first-order valence-electron chi connectivity index (χ1n) is 8.65. The van der Waals surface area contributed by atoms with E-state index in [9.17, 15) is 4.79 Å². The number of benzene rings is 3. The van der Waals surface area contributed by atoms with Gasteiger partial charge in [0.05, 0.1) is 18.9 Å². The van der Waals surface area contributed by atoms with Crippen LogP contribution in [0.25, 0.3) is 10.8 Å². The third-order valence-corrected chi connectivity index (χ3v) is 5.30. The zero-order valence-corrected chi connectivity index (χ0v) is 15.9. The Hall–Kier alpha value is -2.46. The van der Waals surface area contributed by atoms with Crippen LogP contribution < -0.4 is 10.1 Å². The van der Waals surface area contributed by atoms with Crippen LogP contribution in [0.3, 0.4) is 0 Å². The Morgan fingerprint density at radius 2 is 1.77 bits per heavy atom. The number of hydrogen-bond donors (Lipinski definition) is 1. The second-order valence-electron chi connectivity index (χ2n) is 6.21. The first kappa shape index (κ1) is 18.3. The van der Waals surface area contributed by atoms with E-state index in [2.05, 4.69) is 35.6 Å². The van der Waals surface area contributed by atoms with Crippen LogP contribution in [0, 0.1) is 0 Å². The Labute approximate surface area is 158 Å². The van der Waals surface area contributed by atoms with Gasteiger partial charge in [-0.25, -0.2) is 0 Å². The summed E-state index contributed by atoms with van der Waals surface area (Å²) >= 11 is 1.63. The Bertz CT molecular complexity index is 894. The highest BCUT2D eigenvalue weighted by atomic mass is 32.2. The zero-order chi connectivity index (χ0) is 18.4. The quantitative estimate of drug-likeness (QED) is 0.643. The number of fused-ring (bicyclic) bond motifs is 1. The molecule has 0 bridgehead atoms. The molecule has 0 aliphatic heterocycles. The van der Waals surface area contributed by atoms with Crippen molar-refractivity contribution in [3.05, 3.63) is 77.9 Å². The van der Waals surface area contributed by atoms with Crippen LogP contribution in [0.4, 0.5) is 0 Å². The number of methoxy groups -OCH3 is 1. The maximum Gasteiger partial charge on any atom is 0.230 e. The predicted molar refractivity (Wildman–Crippen MR) is 110 cm³/mol. The molecule has 1 amide bonds. The van der Waals surface area contributed by atoms with Gasteiger partial charge in [-0.3, -0.25) is 4.79 Å². The van der Waals surface area contributed by atoms with E-state index in [1.807, 2.05) is 43.3 Å². The molecule has 1 atom stereocenters. The first-order valence-corrected chi connectivity index (χ1v) is 9.80. The van der Waals surface area contributed by atoms with Crippen LogP contribution >= 0.6 is 11.8 Å². The number of para-hydroxylation sites is 1. The summed E-state index contributed by atoms with van der Waals surface area (Å²) in [7, 11) is 1.65. The van der Waals surface area contributed by atoms with Gasteiger partial charge < -0.3 is 10.1 Å². The van der Waals surface area contributed by atoms with Crippen molar-refractivity contribution < 1.29 is 9.53 Å². The lowest BCUT2D eigenvalue weighted by molar-refractivity contribution is -0.119. The summed E-state index contributed by atoms with van der Waals surface area (Å²) in [6.45, 7) is 1.98. The maximum absolute atomic E-state index is 12.3. The molecule has 3 aromatic rings. The Kier molecular flexibility index (Phi) is 6.18. The standard InChI is InChI=1S/C22H23NO2S/c1-16(20-9-5-6-10-21(20)25-2)23-22(24)15-26-14-17-11-12-18-7-3-4-8-19(18)13-17/h3-13,16H,14-15H2,1-2H3,(H,23,24). The van der Waals surface area contributed by atoms with Crippen LogP contribution in [0.5, 0.6) is 5.75 Å². The summed E-state index contributed by atoms with van der Waals surface area (Å²) in [4.78, 5) is 12.3. The van der Waals surface area contributed by atoms with E-state index in [1.54, 1.807) is 18.9 Å². The van der Waals surface area contributed by atoms with Gasteiger partial charge in [-0.15, -0.1) is 11.8 Å². The number of hydrogen-bond acceptors (Lipinski definition) is 3. The van der Waals surface area contributed by atoms with Gasteiger partial charge in [0.15, 0.2) is 0 Å². The summed E-state index contributed by atoms with van der Waals surface area (Å²) in [6.07, 6.45) is 0. The molecule has 0 aromatic heterocycles. The lowest BCUT2D eigenvalue weighted by Crippen LogP contribution is -2.28. The van der Waals surface area contributed by atoms with Crippen molar-refractivity contribution >= 4 is 28.4 Å².